The van der Waals surface area contributed by atoms with E-state index in [0.29, 0.717) is 11.4 Å². The lowest BCUT2D eigenvalue weighted by atomic mass is 9.97. The first-order valence-corrected chi connectivity index (χ1v) is 6.82. The maximum absolute atomic E-state index is 12.0. The average Bonchev–Trinajstić information content (AvgIpc) is 2.33. The van der Waals surface area contributed by atoms with E-state index in [9.17, 15) is 9.59 Å². The van der Waals surface area contributed by atoms with E-state index < -0.39 is 17.8 Å². The first-order chi connectivity index (χ1) is 9.31. The van der Waals surface area contributed by atoms with Crippen molar-refractivity contribution in [3.8, 4) is 0 Å². The van der Waals surface area contributed by atoms with Crippen LogP contribution in [0.25, 0.3) is 0 Å². The molecular weight excluding hydrogens is 280 g/mol. The van der Waals surface area contributed by atoms with Gasteiger partial charge in [0.1, 0.15) is 0 Å². The molecule has 0 aliphatic heterocycles. The number of carboxylic acid groups (broad SMARTS) is 1. The summed E-state index contributed by atoms with van der Waals surface area (Å²) in [6.45, 7) is 5.74. The molecule has 0 bridgehead atoms. The maximum Gasteiger partial charge on any atom is 0.308 e. The molecule has 1 rings (SSSR count). The largest absolute Gasteiger partial charge is 0.481 e. The topological polar surface area (TPSA) is 79.3 Å². The molecule has 1 amide bonds. The normalized spacial score (nSPS) is 12.2. The fourth-order valence-corrected chi connectivity index (χ4v) is 2.14. The second-order valence-corrected chi connectivity index (χ2v) is 5.59. The SMILES string of the molecule is Cc1cc(Cl)c(C(=O)NCC(CC(C)C)C(=O)O)cn1. The highest BCUT2D eigenvalue weighted by atomic mass is 35.5. The van der Waals surface area contributed by atoms with Crippen LogP contribution < -0.4 is 5.32 Å². The number of aryl methyl sites for hydroxylation is 1. The van der Waals surface area contributed by atoms with Crippen molar-refractivity contribution in [2.24, 2.45) is 11.8 Å². The molecular formula is C14H19ClN2O3. The van der Waals surface area contributed by atoms with E-state index in [-0.39, 0.29) is 18.0 Å². The molecule has 110 valence electrons. The van der Waals surface area contributed by atoms with E-state index in [0.717, 1.165) is 5.69 Å². The molecule has 6 heteroatoms. The second-order valence-electron chi connectivity index (χ2n) is 5.18. The van der Waals surface area contributed by atoms with E-state index in [1.807, 2.05) is 13.8 Å². The Morgan fingerprint density at radius 3 is 2.60 bits per heavy atom. The molecule has 0 aliphatic rings. The maximum atomic E-state index is 12.0. The number of amides is 1. The number of pyridine rings is 1. The van der Waals surface area contributed by atoms with Gasteiger partial charge in [-0.15, -0.1) is 0 Å². The van der Waals surface area contributed by atoms with Gasteiger partial charge < -0.3 is 10.4 Å². The minimum Gasteiger partial charge on any atom is -0.481 e. The average molecular weight is 299 g/mol. The molecule has 0 spiro atoms. The minimum absolute atomic E-state index is 0.0799. The summed E-state index contributed by atoms with van der Waals surface area (Å²) in [6, 6.07) is 1.60. The van der Waals surface area contributed by atoms with E-state index in [1.165, 1.54) is 6.20 Å². The van der Waals surface area contributed by atoms with Crippen molar-refractivity contribution in [3.63, 3.8) is 0 Å². The molecule has 1 aromatic rings. The zero-order valence-electron chi connectivity index (χ0n) is 11.8. The van der Waals surface area contributed by atoms with Gasteiger partial charge in [-0.2, -0.15) is 0 Å². The van der Waals surface area contributed by atoms with Gasteiger partial charge in [0.2, 0.25) is 0 Å². The van der Waals surface area contributed by atoms with Gasteiger partial charge in [-0.05, 0) is 25.3 Å². The Bertz CT molecular complexity index is 503. The van der Waals surface area contributed by atoms with Crippen LogP contribution in [0.1, 0.15) is 36.3 Å². The lowest BCUT2D eigenvalue weighted by Crippen LogP contribution is -2.33. The summed E-state index contributed by atoms with van der Waals surface area (Å²) in [5.74, 6) is -1.67. The van der Waals surface area contributed by atoms with E-state index in [2.05, 4.69) is 10.3 Å². The van der Waals surface area contributed by atoms with E-state index in [1.54, 1.807) is 13.0 Å². The monoisotopic (exact) mass is 298 g/mol. The lowest BCUT2D eigenvalue weighted by molar-refractivity contribution is -0.142. The van der Waals surface area contributed by atoms with Gasteiger partial charge in [-0.1, -0.05) is 25.4 Å². The van der Waals surface area contributed by atoms with Crippen LogP contribution in [0.3, 0.4) is 0 Å². The first kappa shape index (κ1) is 16.4. The Morgan fingerprint density at radius 1 is 1.45 bits per heavy atom. The number of hydrogen-bond acceptors (Lipinski definition) is 3. The van der Waals surface area contributed by atoms with Crippen LogP contribution in [0.2, 0.25) is 5.02 Å². The van der Waals surface area contributed by atoms with Crippen LogP contribution in [0.15, 0.2) is 12.3 Å². The zero-order chi connectivity index (χ0) is 15.3. The Hall–Kier alpha value is -1.62. The standard InChI is InChI=1S/C14H19ClN2O3/c1-8(2)4-10(14(19)20)6-17-13(18)11-7-16-9(3)5-12(11)15/h5,7-8,10H,4,6H2,1-3H3,(H,17,18)(H,19,20). The van der Waals surface area contributed by atoms with Crippen molar-refractivity contribution in [2.45, 2.75) is 27.2 Å². The second kappa shape index (κ2) is 7.24. The number of halogens is 1. The van der Waals surface area contributed by atoms with Gasteiger partial charge in [-0.3, -0.25) is 14.6 Å². The molecule has 20 heavy (non-hydrogen) atoms. The molecule has 0 fully saturated rings. The van der Waals surface area contributed by atoms with Crippen LogP contribution in [-0.2, 0) is 4.79 Å². The Morgan fingerprint density at radius 2 is 2.10 bits per heavy atom. The van der Waals surface area contributed by atoms with Gasteiger partial charge in [0.25, 0.3) is 5.91 Å². The highest BCUT2D eigenvalue weighted by molar-refractivity contribution is 6.33. The molecule has 0 aliphatic carbocycles. The number of hydrogen-bond donors (Lipinski definition) is 2. The summed E-state index contributed by atoms with van der Waals surface area (Å²) in [5, 5.41) is 12.0. The Labute approximate surface area is 123 Å². The van der Waals surface area contributed by atoms with Crippen molar-refractivity contribution < 1.29 is 14.7 Å². The van der Waals surface area contributed by atoms with Gasteiger partial charge in [0.05, 0.1) is 16.5 Å². The van der Waals surface area contributed by atoms with Gasteiger partial charge in [0, 0.05) is 18.4 Å². The highest BCUT2D eigenvalue weighted by Gasteiger charge is 2.20. The number of rotatable bonds is 6. The third-order valence-electron chi connectivity index (χ3n) is 2.85. The number of nitrogens with zero attached hydrogens (tertiary/aromatic N) is 1. The molecule has 1 heterocycles. The highest BCUT2D eigenvalue weighted by Crippen LogP contribution is 2.16. The number of aromatic nitrogens is 1. The molecule has 1 unspecified atom stereocenters. The summed E-state index contributed by atoms with van der Waals surface area (Å²) < 4.78 is 0. The minimum atomic E-state index is -0.910. The summed E-state index contributed by atoms with van der Waals surface area (Å²) in [7, 11) is 0. The predicted octanol–water partition coefficient (Wildman–Crippen LogP) is 2.52. The number of carbonyl (C=O) groups excluding carboxylic acids is 1. The Balaban J connectivity index is 2.68. The van der Waals surface area contributed by atoms with Crippen molar-refractivity contribution >= 4 is 23.5 Å². The van der Waals surface area contributed by atoms with Gasteiger partial charge >= 0.3 is 5.97 Å². The van der Waals surface area contributed by atoms with Crippen molar-refractivity contribution in [1.82, 2.24) is 10.3 Å². The number of nitrogens with one attached hydrogen (secondary N) is 1. The quantitative estimate of drug-likeness (QED) is 0.846. The summed E-state index contributed by atoms with van der Waals surface area (Å²) in [6.07, 6.45) is 1.90. The summed E-state index contributed by atoms with van der Waals surface area (Å²) in [5.41, 5.74) is 0.973. The van der Waals surface area contributed by atoms with Crippen LogP contribution in [0.4, 0.5) is 0 Å². The first-order valence-electron chi connectivity index (χ1n) is 6.44. The third kappa shape index (κ3) is 4.81. The molecule has 1 aromatic heterocycles. The molecule has 1 atom stereocenters. The number of carboxylic acids is 1. The van der Waals surface area contributed by atoms with Crippen molar-refractivity contribution in [3.05, 3.63) is 28.5 Å². The van der Waals surface area contributed by atoms with Crippen LogP contribution in [0, 0.1) is 18.8 Å². The molecule has 0 radical (unpaired) electrons. The van der Waals surface area contributed by atoms with Crippen molar-refractivity contribution in [1.29, 1.82) is 0 Å². The number of aliphatic carboxylic acids is 1. The fraction of sp³-hybridized carbons (Fsp3) is 0.500. The van der Waals surface area contributed by atoms with Crippen LogP contribution >= 0.6 is 11.6 Å². The van der Waals surface area contributed by atoms with Gasteiger partial charge in [0.15, 0.2) is 0 Å². The summed E-state index contributed by atoms with van der Waals surface area (Å²) >= 11 is 5.97. The molecule has 0 aromatic carbocycles. The van der Waals surface area contributed by atoms with Crippen LogP contribution in [0.5, 0.6) is 0 Å². The molecule has 2 N–H and O–H groups in total. The molecule has 0 saturated carbocycles. The summed E-state index contributed by atoms with van der Waals surface area (Å²) in [4.78, 5) is 27.1. The Kier molecular flexibility index (Phi) is 5.95. The number of carbonyl (C=O) groups is 2. The van der Waals surface area contributed by atoms with E-state index >= 15 is 0 Å². The predicted molar refractivity (Wildman–Crippen MR) is 76.9 cm³/mol. The third-order valence-corrected chi connectivity index (χ3v) is 3.16. The van der Waals surface area contributed by atoms with E-state index in [4.69, 9.17) is 16.7 Å². The van der Waals surface area contributed by atoms with Gasteiger partial charge in [-0.25, -0.2) is 0 Å². The lowest BCUT2D eigenvalue weighted by Gasteiger charge is -2.15. The fourth-order valence-electron chi connectivity index (χ4n) is 1.85. The zero-order valence-corrected chi connectivity index (χ0v) is 12.6. The molecule has 0 saturated heterocycles. The smallest absolute Gasteiger partial charge is 0.308 e. The van der Waals surface area contributed by atoms with Crippen molar-refractivity contribution in [2.75, 3.05) is 6.54 Å². The molecule has 5 nitrogen and oxygen atoms in total. The van der Waals surface area contributed by atoms with Crippen LogP contribution in [-0.4, -0.2) is 28.5 Å².